The highest BCUT2D eigenvalue weighted by Gasteiger charge is 2.42. The maximum absolute atomic E-state index is 11.9. The number of pyridine rings is 1. The van der Waals surface area contributed by atoms with Crippen molar-refractivity contribution >= 4 is 34.6 Å². The first kappa shape index (κ1) is 22.0. The number of aryl methyl sites for hydroxylation is 2. The quantitative estimate of drug-likeness (QED) is 0.532. The zero-order valence-corrected chi connectivity index (χ0v) is 19.2. The first-order valence-corrected chi connectivity index (χ1v) is 11.0. The number of aromatic nitrogens is 2. The minimum absolute atomic E-state index is 0.0170. The lowest BCUT2D eigenvalue weighted by Gasteiger charge is -2.29. The van der Waals surface area contributed by atoms with Crippen LogP contribution in [0.3, 0.4) is 0 Å². The molecule has 0 radical (unpaired) electrons. The second kappa shape index (κ2) is 9.50. The van der Waals surface area contributed by atoms with E-state index in [9.17, 15) is 4.79 Å². The molecule has 0 aliphatic carbocycles. The van der Waals surface area contributed by atoms with Crippen LogP contribution < -0.4 is 15.5 Å². The van der Waals surface area contributed by atoms with Crippen LogP contribution in [0, 0.1) is 6.92 Å². The largest absolute Gasteiger partial charge is 0.375 e. The molecule has 2 aromatic heterocycles. The number of rotatable bonds is 7. The van der Waals surface area contributed by atoms with Gasteiger partial charge in [0.2, 0.25) is 5.91 Å². The van der Waals surface area contributed by atoms with Crippen LogP contribution in [0.1, 0.15) is 36.0 Å². The van der Waals surface area contributed by atoms with Gasteiger partial charge in [-0.25, -0.2) is 0 Å². The third-order valence-electron chi connectivity index (χ3n) is 5.64. The van der Waals surface area contributed by atoms with Crippen molar-refractivity contribution in [3.05, 3.63) is 77.9 Å². The van der Waals surface area contributed by atoms with E-state index in [1.165, 1.54) is 7.11 Å². The maximum Gasteiger partial charge on any atom is 0.250 e. The van der Waals surface area contributed by atoms with Crippen molar-refractivity contribution in [1.82, 2.24) is 14.9 Å². The average molecular weight is 450 g/mol. The van der Waals surface area contributed by atoms with E-state index < -0.39 is 0 Å². The van der Waals surface area contributed by atoms with Crippen LogP contribution in [0.25, 0.3) is 0 Å². The molecule has 4 rings (SSSR count). The number of amides is 1. The monoisotopic (exact) mass is 449 g/mol. The smallest absolute Gasteiger partial charge is 0.250 e. The zero-order valence-electron chi connectivity index (χ0n) is 18.4. The SMILES string of the molecule is CCn1cccc1C1C(c2ccccn2)NC(=S)N1c1ccc(NC(=O)COC)c(C)c1. The molecule has 166 valence electrons. The number of nitrogens with zero attached hydrogens (tertiary/aromatic N) is 3. The number of anilines is 2. The normalized spacial score (nSPS) is 18.0. The van der Waals surface area contributed by atoms with Crippen molar-refractivity contribution in [2.45, 2.75) is 32.5 Å². The van der Waals surface area contributed by atoms with E-state index >= 15 is 0 Å². The lowest BCUT2D eigenvalue weighted by molar-refractivity contribution is -0.119. The predicted molar refractivity (Wildman–Crippen MR) is 130 cm³/mol. The van der Waals surface area contributed by atoms with Crippen LogP contribution in [-0.4, -0.2) is 34.3 Å². The first-order chi connectivity index (χ1) is 15.5. The standard InChI is InChI=1S/C24H27N5O2S/c1-4-28-13-7-9-20(28)23-22(19-8-5-6-12-25-19)27-24(32)29(23)17-10-11-18(16(2)14-17)26-21(30)15-31-3/h5-14,22-23H,4,15H2,1-3H3,(H,26,30)(H,27,32). The van der Waals surface area contributed by atoms with Gasteiger partial charge in [-0.2, -0.15) is 0 Å². The van der Waals surface area contributed by atoms with Crippen molar-refractivity contribution in [2.75, 3.05) is 23.9 Å². The number of hydrogen-bond donors (Lipinski definition) is 2. The Labute approximate surface area is 193 Å². The van der Waals surface area contributed by atoms with E-state index in [4.69, 9.17) is 17.0 Å². The van der Waals surface area contributed by atoms with E-state index in [2.05, 4.69) is 50.3 Å². The molecule has 1 aromatic carbocycles. The van der Waals surface area contributed by atoms with Gasteiger partial charge in [0, 0.05) is 43.1 Å². The number of carbonyl (C=O) groups excluding carboxylic acids is 1. The number of methoxy groups -OCH3 is 1. The van der Waals surface area contributed by atoms with Crippen LogP contribution in [0.4, 0.5) is 11.4 Å². The van der Waals surface area contributed by atoms with E-state index in [1.54, 1.807) is 6.20 Å². The minimum Gasteiger partial charge on any atom is -0.375 e. The molecular formula is C24H27N5O2S. The van der Waals surface area contributed by atoms with E-state index in [-0.39, 0.29) is 24.6 Å². The van der Waals surface area contributed by atoms with Crippen LogP contribution >= 0.6 is 12.2 Å². The number of hydrogen-bond acceptors (Lipinski definition) is 4. The second-order valence-corrected chi connectivity index (χ2v) is 8.08. The molecule has 8 heteroatoms. The minimum atomic E-state index is -0.185. The number of nitrogens with one attached hydrogen (secondary N) is 2. The number of benzene rings is 1. The summed E-state index contributed by atoms with van der Waals surface area (Å²) in [6.07, 6.45) is 3.89. The molecular weight excluding hydrogens is 422 g/mol. The van der Waals surface area contributed by atoms with Gasteiger partial charge in [0.25, 0.3) is 0 Å². The lowest BCUT2D eigenvalue weighted by atomic mass is 10.0. The summed E-state index contributed by atoms with van der Waals surface area (Å²) in [6, 6.07) is 15.9. The first-order valence-electron chi connectivity index (χ1n) is 10.6. The second-order valence-electron chi connectivity index (χ2n) is 7.70. The summed E-state index contributed by atoms with van der Waals surface area (Å²) in [5, 5.41) is 7.02. The van der Waals surface area contributed by atoms with Crippen molar-refractivity contribution in [1.29, 1.82) is 0 Å². The molecule has 1 aliphatic heterocycles. The molecule has 7 nitrogen and oxygen atoms in total. The lowest BCUT2D eigenvalue weighted by Crippen LogP contribution is -2.30. The Hall–Kier alpha value is -3.23. The van der Waals surface area contributed by atoms with E-state index in [0.29, 0.717) is 5.11 Å². The Morgan fingerprint density at radius 1 is 1.25 bits per heavy atom. The number of ether oxygens (including phenoxy) is 1. The summed E-state index contributed by atoms with van der Waals surface area (Å²) in [7, 11) is 1.50. The van der Waals surface area contributed by atoms with Crippen molar-refractivity contribution in [2.24, 2.45) is 0 Å². The fourth-order valence-corrected chi connectivity index (χ4v) is 4.52. The molecule has 0 bridgehead atoms. The molecule has 2 atom stereocenters. The molecule has 2 N–H and O–H groups in total. The zero-order chi connectivity index (χ0) is 22.7. The Morgan fingerprint density at radius 3 is 2.78 bits per heavy atom. The molecule has 3 aromatic rings. The third kappa shape index (κ3) is 4.24. The molecule has 1 aliphatic rings. The molecule has 1 saturated heterocycles. The maximum atomic E-state index is 11.9. The Kier molecular flexibility index (Phi) is 6.53. The van der Waals surface area contributed by atoms with Crippen LogP contribution in [0.15, 0.2) is 60.9 Å². The highest BCUT2D eigenvalue weighted by atomic mass is 32.1. The molecule has 1 amide bonds. The van der Waals surface area contributed by atoms with Gasteiger partial charge in [0.1, 0.15) is 12.6 Å². The van der Waals surface area contributed by atoms with Crippen molar-refractivity contribution in [3.63, 3.8) is 0 Å². The molecule has 3 heterocycles. The van der Waals surface area contributed by atoms with Crippen LogP contribution in [0.5, 0.6) is 0 Å². The Morgan fingerprint density at radius 2 is 2.09 bits per heavy atom. The molecule has 0 spiro atoms. The van der Waals surface area contributed by atoms with Gasteiger partial charge in [0.15, 0.2) is 5.11 Å². The van der Waals surface area contributed by atoms with Crippen LogP contribution in [0.2, 0.25) is 0 Å². The fraction of sp³-hybridized carbons (Fsp3) is 0.292. The van der Waals surface area contributed by atoms with Gasteiger partial charge < -0.3 is 24.8 Å². The molecule has 0 saturated carbocycles. The Bertz CT molecular complexity index is 1110. The summed E-state index contributed by atoms with van der Waals surface area (Å²) >= 11 is 5.80. The average Bonchev–Trinajstić information content (AvgIpc) is 3.39. The van der Waals surface area contributed by atoms with Gasteiger partial charge in [0.05, 0.1) is 11.7 Å². The van der Waals surface area contributed by atoms with Crippen molar-refractivity contribution in [3.8, 4) is 0 Å². The molecule has 2 unspecified atom stereocenters. The molecule has 1 fully saturated rings. The van der Waals surface area contributed by atoms with Crippen molar-refractivity contribution < 1.29 is 9.53 Å². The number of thiocarbonyl (C=S) groups is 1. The summed E-state index contributed by atoms with van der Waals surface area (Å²) in [5.41, 5.74) is 4.75. The topological polar surface area (TPSA) is 71.4 Å². The van der Waals surface area contributed by atoms with Gasteiger partial charge >= 0.3 is 0 Å². The van der Waals surface area contributed by atoms with Gasteiger partial charge in [-0.1, -0.05) is 6.07 Å². The fourth-order valence-electron chi connectivity index (χ4n) is 4.17. The Balaban J connectivity index is 1.74. The third-order valence-corrected chi connectivity index (χ3v) is 5.96. The van der Waals surface area contributed by atoms with Gasteiger partial charge in [-0.05, 0) is 74.1 Å². The highest BCUT2D eigenvalue weighted by Crippen LogP contribution is 2.42. The summed E-state index contributed by atoms with van der Waals surface area (Å²) in [4.78, 5) is 18.7. The highest BCUT2D eigenvalue weighted by molar-refractivity contribution is 7.80. The van der Waals surface area contributed by atoms with E-state index in [1.807, 2.05) is 43.3 Å². The van der Waals surface area contributed by atoms with Crippen LogP contribution in [-0.2, 0) is 16.1 Å². The van der Waals surface area contributed by atoms with E-state index in [0.717, 1.165) is 34.9 Å². The summed E-state index contributed by atoms with van der Waals surface area (Å²) in [6.45, 7) is 4.98. The predicted octanol–water partition coefficient (Wildman–Crippen LogP) is 3.97. The van der Waals surface area contributed by atoms with Gasteiger partial charge in [-0.3, -0.25) is 9.78 Å². The summed E-state index contributed by atoms with van der Waals surface area (Å²) in [5.74, 6) is -0.185. The number of carbonyl (C=O) groups is 1. The summed E-state index contributed by atoms with van der Waals surface area (Å²) < 4.78 is 7.14. The molecule has 32 heavy (non-hydrogen) atoms. The van der Waals surface area contributed by atoms with Gasteiger partial charge in [-0.15, -0.1) is 0 Å².